The first-order valence-corrected chi connectivity index (χ1v) is 9.19. The van der Waals surface area contributed by atoms with Crippen LogP contribution in [0.4, 0.5) is 5.69 Å². The fourth-order valence-electron chi connectivity index (χ4n) is 3.26. The average Bonchev–Trinajstić information content (AvgIpc) is 3.24. The van der Waals surface area contributed by atoms with Crippen LogP contribution in [0, 0.1) is 0 Å². The van der Waals surface area contributed by atoms with Crippen LogP contribution in [-0.4, -0.2) is 30.3 Å². The summed E-state index contributed by atoms with van der Waals surface area (Å²) in [5.41, 5.74) is 3.57. The minimum absolute atomic E-state index is 0.266. The van der Waals surface area contributed by atoms with Crippen molar-refractivity contribution in [3.05, 3.63) is 78.0 Å². The van der Waals surface area contributed by atoms with Gasteiger partial charge in [0.15, 0.2) is 0 Å². The molecule has 0 unspecified atom stereocenters. The third-order valence-electron chi connectivity index (χ3n) is 4.71. The van der Waals surface area contributed by atoms with Gasteiger partial charge in [0.05, 0.1) is 19.4 Å². The average molecular weight is 387 g/mol. The molecular formula is C23H21N3O3. The van der Waals surface area contributed by atoms with Crippen LogP contribution in [0.25, 0.3) is 22.0 Å². The Balaban J connectivity index is 1.54. The van der Waals surface area contributed by atoms with Gasteiger partial charge in [-0.25, -0.2) is 0 Å². The summed E-state index contributed by atoms with van der Waals surface area (Å²) in [6, 6.07) is 21.4. The monoisotopic (exact) mass is 387 g/mol. The van der Waals surface area contributed by atoms with Crippen LogP contribution < -0.4 is 10.1 Å². The topological polar surface area (TPSA) is 76.2 Å². The van der Waals surface area contributed by atoms with Gasteiger partial charge in [0, 0.05) is 23.9 Å². The molecule has 0 bridgehead atoms. The van der Waals surface area contributed by atoms with Gasteiger partial charge >= 0.3 is 0 Å². The zero-order chi connectivity index (χ0) is 20.2. The Morgan fingerprint density at radius 3 is 2.62 bits per heavy atom. The minimum Gasteiger partial charge on any atom is -0.496 e. The maximum atomic E-state index is 12.6. The number of amides is 1. The van der Waals surface area contributed by atoms with E-state index < -0.39 is 0 Å². The number of hydrogen-bond donors (Lipinski definition) is 2. The molecule has 4 aromatic rings. The van der Waals surface area contributed by atoms with E-state index in [9.17, 15) is 4.79 Å². The zero-order valence-corrected chi connectivity index (χ0v) is 16.2. The van der Waals surface area contributed by atoms with Gasteiger partial charge in [-0.05, 0) is 41.1 Å². The van der Waals surface area contributed by atoms with Crippen molar-refractivity contribution in [3.8, 4) is 17.0 Å². The molecule has 0 aliphatic carbocycles. The Kier molecular flexibility index (Phi) is 5.27. The van der Waals surface area contributed by atoms with Gasteiger partial charge in [-0.2, -0.15) is 5.10 Å². The summed E-state index contributed by atoms with van der Waals surface area (Å²) in [4.78, 5) is 12.6. The van der Waals surface area contributed by atoms with Crippen molar-refractivity contribution >= 4 is 22.4 Å². The number of fused-ring (bicyclic) bond motifs is 1. The molecule has 1 amide bonds. The number of rotatable bonds is 6. The predicted octanol–water partition coefficient (Wildman–Crippen LogP) is 4.64. The molecule has 1 aromatic heterocycles. The smallest absolute Gasteiger partial charge is 0.273 e. The van der Waals surface area contributed by atoms with Gasteiger partial charge in [0.2, 0.25) is 0 Å². The van der Waals surface area contributed by atoms with E-state index in [0.717, 1.165) is 27.6 Å². The maximum absolute atomic E-state index is 12.6. The van der Waals surface area contributed by atoms with E-state index in [1.165, 1.54) is 0 Å². The lowest BCUT2D eigenvalue weighted by Crippen LogP contribution is -2.12. The molecule has 3 aromatic carbocycles. The van der Waals surface area contributed by atoms with Crippen LogP contribution in [0.2, 0.25) is 0 Å². The van der Waals surface area contributed by atoms with E-state index >= 15 is 0 Å². The summed E-state index contributed by atoms with van der Waals surface area (Å²) in [5.74, 6) is 0.447. The first-order chi connectivity index (χ1) is 14.2. The molecule has 4 rings (SSSR count). The molecule has 0 saturated carbocycles. The number of ether oxygens (including phenoxy) is 2. The standard InChI is InChI=1S/C23H21N3O3/c1-28-14-18-12-19(9-10-22(18)29-2)24-23(27)21-13-20(25-26-21)17-8-7-15-5-3-4-6-16(15)11-17/h3-13H,14H2,1-2H3,(H,24,27)(H,25,26). The Morgan fingerprint density at radius 2 is 1.83 bits per heavy atom. The summed E-state index contributed by atoms with van der Waals surface area (Å²) in [6.45, 7) is 0.392. The third-order valence-corrected chi connectivity index (χ3v) is 4.71. The van der Waals surface area contributed by atoms with Crippen molar-refractivity contribution in [1.82, 2.24) is 10.2 Å². The molecule has 0 aliphatic heterocycles. The number of benzene rings is 3. The summed E-state index contributed by atoms with van der Waals surface area (Å²) >= 11 is 0. The van der Waals surface area contributed by atoms with E-state index in [1.54, 1.807) is 32.4 Å². The Morgan fingerprint density at radius 1 is 1.00 bits per heavy atom. The van der Waals surface area contributed by atoms with E-state index in [1.807, 2.05) is 30.3 Å². The van der Waals surface area contributed by atoms with Crippen LogP contribution in [-0.2, 0) is 11.3 Å². The Hall–Kier alpha value is -3.64. The number of aromatic nitrogens is 2. The first kappa shape index (κ1) is 18.7. The molecule has 0 spiro atoms. The number of nitrogens with one attached hydrogen (secondary N) is 2. The fourth-order valence-corrected chi connectivity index (χ4v) is 3.26. The van der Waals surface area contributed by atoms with Gasteiger partial charge in [-0.1, -0.05) is 36.4 Å². The Labute approximate surface area is 168 Å². The van der Waals surface area contributed by atoms with Crippen LogP contribution in [0.3, 0.4) is 0 Å². The summed E-state index contributed by atoms with van der Waals surface area (Å²) < 4.78 is 10.5. The lowest BCUT2D eigenvalue weighted by Gasteiger charge is -2.10. The molecule has 146 valence electrons. The van der Waals surface area contributed by atoms with E-state index in [-0.39, 0.29) is 5.91 Å². The van der Waals surface area contributed by atoms with Crippen molar-refractivity contribution < 1.29 is 14.3 Å². The van der Waals surface area contributed by atoms with Crippen molar-refractivity contribution in [1.29, 1.82) is 0 Å². The highest BCUT2D eigenvalue weighted by Crippen LogP contribution is 2.25. The fraction of sp³-hybridized carbons (Fsp3) is 0.130. The number of carbonyl (C=O) groups excluding carboxylic acids is 1. The molecule has 0 atom stereocenters. The van der Waals surface area contributed by atoms with Crippen LogP contribution in [0.15, 0.2) is 66.7 Å². The van der Waals surface area contributed by atoms with Gasteiger partial charge < -0.3 is 14.8 Å². The number of nitrogens with zero attached hydrogens (tertiary/aromatic N) is 1. The number of methoxy groups -OCH3 is 2. The highest BCUT2D eigenvalue weighted by Gasteiger charge is 2.13. The lowest BCUT2D eigenvalue weighted by atomic mass is 10.1. The Bertz CT molecular complexity index is 1170. The molecule has 1 heterocycles. The maximum Gasteiger partial charge on any atom is 0.273 e. The highest BCUT2D eigenvalue weighted by atomic mass is 16.5. The molecule has 6 nitrogen and oxygen atoms in total. The van der Waals surface area contributed by atoms with Crippen molar-refractivity contribution in [2.75, 3.05) is 19.5 Å². The zero-order valence-electron chi connectivity index (χ0n) is 16.2. The van der Waals surface area contributed by atoms with Crippen molar-refractivity contribution in [2.24, 2.45) is 0 Å². The predicted molar refractivity (Wildman–Crippen MR) is 113 cm³/mol. The number of anilines is 1. The SMILES string of the molecule is COCc1cc(NC(=O)c2cc(-c3ccc4ccccc4c3)n[nH]2)ccc1OC. The van der Waals surface area contributed by atoms with E-state index in [0.29, 0.717) is 23.7 Å². The normalized spacial score (nSPS) is 10.8. The molecule has 0 saturated heterocycles. The molecule has 2 N–H and O–H groups in total. The van der Waals surface area contributed by atoms with Crippen molar-refractivity contribution in [3.63, 3.8) is 0 Å². The quantitative estimate of drug-likeness (QED) is 0.505. The second-order valence-corrected chi connectivity index (χ2v) is 6.64. The second-order valence-electron chi connectivity index (χ2n) is 6.64. The van der Waals surface area contributed by atoms with Gasteiger partial charge in [-0.3, -0.25) is 9.89 Å². The number of hydrogen-bond acceptors (Lipinski definition) is 4. The molecule has 29 heavy (non-hydrogen) atoms. The van der Waals surface area contributed by atoms with Gasteiger partial charge in [0.25, 0.3) is 5.91 Å². The highest BCUT2D eigenvalue weighted by molar-refractivity contribution is 6.03. The first-order valence-electron chi connectivity index (χ1n) is 9.19. The lowest BCUT2D eigenvalue weighted by molar-refractivity contribution is 0.102. The van der Waals surface area contributed by atoms with Gasteiger partial charge in [-0.15, -0.1) is 0 Å². The number of H-pyrrole nitrogens is 1. The van der Waals surface area contributed by atoms with Gasteiger partial charge in [0.1, 0.15) is 11.4 Å². The summed E-state index contributed by atoms with van der Waals surface area (Å²) in [6.07, 6.45) is 0. The van der Waals surface area contributed by atoms with Crippen LogP contribution in [0.1, 0.15) is 16.1 Å². The molecule has 0 radical (unpaired) electrons. The number of carbonyl (C=O) groups is 1. The summed E-state index contributed by atoms with van der Waals surface area (Å²) in [5, 5.41) is 12.3. The summed E-state index contributed by atoms with van der Waals surface area (Å²) in [7, 11) is 3.22. The van der Waals surface area contributed by atoms with Crippen LogP contribution in [0.5, 0.6) is 5.75 Å². The van der Waals surface area contributed by atoms with Crippen molar-refractivity contribution in [2.45, 2.75) is 6.61 Å². The molecule has 6 heteroatoms. The molecule has 0 aliphatic rings. The second kappa shape index (κ2) is 8.16. The number of aromatic amines is 1. The van der Waals surface area contributed by atoms with E-state index in [2.05, 4.69) is 33.7 Å². The minimum atomic E-state index is -0.266. The molecule has 0 fully saturated rings. The van der Waals surface area contributed by atoms with Crippen LogP contribution >= 0.6 is 0 Å². The largest absolute Gasteiger partial charge is 0.496 e. The molecular weight excluding hydrogens is 366 g/mol. The van der Waals surface area contributed by atoms with E-state index in [4.69, 9.17) is 9.47 Å². The third kappa shape index (κ3) is 3.97.